The molecule has 0 fully saturated rings. The van der Waals surface area contributed by atoms with Crippen LogP contribution in [0.5, 0.6) is 0 Å². The van der Waals surface area contributed by atoms with Crippen LogP contribution in [0, 0.1) is 0 Å². The molecule has 0 heterocycles. The molecule has 0 radical (unpaired) electrons. The SMILES string of the molecule is O=C(COC(=O)c1ccccc1Nc1ccccc1)NCC(=O)Nc1ccccc1Br. The summed E-state index contributed by atoms with van der Waals surface area (Å²) < 4.78 is 5.84. The topological polar surface area (TPSA) is 96.5 Å². The van der Waals surface area contributed by atoms with Crippen LogP contribution in [-0.4, -0.2) is 30.9 Å². The first-order valence-electron chi connectivity index (χ1n) is 9.42. The number of benzene rings is 3. The summed E-state index contributed by atoms with van der Waals surface area (Å²) in [5, 5.41) is 8.25. The van der Waals surface area contributed by atoms with Gasteiger partial charge in [-0.15, -0.1) is 0 Å². The Bertz CT molecular complexity index is 1070. The van der Waals surface area contributed by atoms with E-state index in [2.05, 4.69) is 31.9 Å². The Morgan fingerprint density at radius 2 is 1.42 bits per heavy atom. The third kappa shape index (κ3) is 6.68. The van der Waals surface area contributed by atoms with Crippen molar-refractivity contribution in [3.8, 4) is 0 Å². The lowest BCUT2D eigenvalue weighted by atomic mass is 10.1. The molecule has 0 aliphatic carbocycles. The summed E-state index contributed by atoms with van der Waals surface area (Å²) in [5.74, 6) is -1.63. The zero-order valence-electron chi connectivity index (χ0n) is 16.4. The van der Waals surface area contributed by atoms with Gasteiger partial charge in [0.05, 0.1) is 23.5 Å². The second kappa shape index (κ2) is 10.9. The lowest BCUT2D eigenvalue weighted by Gasteiger charge is -2.12. The molecule has 0 aliphatic heterocycles. The Labute approximate surface area is 187 Å². The van der Waals surface area contributed by atoms with Crippen LogP contribution in [-0.2, 0) is 14.3 Å². The van der Waals surface area contributed by atoms with E-state index in [0.29, 0.717) is 16.9 Å². The number of ether oxygens (including phenoxy) is 1. The van der Waals surface area contributed by atoms with E-state index in [-0.39, 0.29) is 6.54 Å². The highest BCUT2D eigenvalue weighted by molar-refractivity contribution is 9.10. The zero-order chi connectivity index (χ0) is 22.1. The van der Waals surface area contributed by atoms with Crippen LogP contribution in [0.25, 0.3) is 0 Å². The summed E-state index contributed by atoms with van der Waals surface area (Å²) >= 11 is 3.33. The van der Waals surface area contributed by atoms with E-state index in [0.717, 1.165) is 10.2 Å². The fourth-order valence-electron chi connectivity index (χ4n) is 2.64. The minimum absolute atomic E-state index is 0.246. The molecule has 3 aromatic carbocycles. The van der Waals surface area contributed by atoms with Gasteiger partial charge in [0.1, 0.15) is 0 Å². The molecule has 0 aliphatic rings. The Morgan fingerprint density at radius 3 is 2.16 bits per heavy atom. The standard InChI is InChI=1S/C23H20BrN3O4/c24-18-11-5-7-13-20(18)27-21(28)14-25-22(29)15-31-23(30)17-10-4-6-12-19(17)26-16-8-2-1-3-9-16/h1-13,26H,14-15H2,(H,25,29)(H,27,28). The molecule has 2 amide bonds. The molecular formula is C23H20BrN3O4. The van der Waals surface area contributed by atoms with Gasteiger partial charge in [-0.2, -0.15) is 0 Å². The van der Waals surface area contributed by atoms with Crippen molar-refractivity contribution < 1.29 is 19.1 Å². The molecule has 0 saturated carbocycles. The second-order valence-corrected chi connectivity index (χ2v) is 7.27. The van der Waals surface area contributed by atoms with Crippen LogP contribution in [0.4, 0.5) is 17.1 Å². The third-order valence-electron chi connectivity index (χ3n) is 4.13. The fraction of sp³-hybridized carbons (Fsp3) is 0.0870. The van der Waals surface area contributed by atoms with E-state index in [1.165, 1.54) is 0 Å². The maximum Gasteiger partial charge on any atom is 0.340 e. The van der Waals surface area contributed by atoms with Crippen molar-refractivity contribution in [3.63, 3.8) is 0 Å². The monoisotopic (exact) mass is 481 g/mol. The van der Waals surface area contributed by atoms with E-state index >= 15 is 0 Å². The van der Waals surface area contributed by atoms with Crippen molar-refractivity contribution in [1.82, 2.24) is 5.32 Å². The van der Waals surface area contributed by atoms with Gasteiger partial charge in [0.2, 0.25) is 5.91 Å². The predicted molar refractivity (Wildman–Crippen MR) is 122 cm³/mol. The van der Waals surface area contributed by atoms with E-state index < -0.39 is 24.4 Å². The van der Waals surface area contributed by atoms with Crippen molar-refractivity contribution in [3.05, 3.63) is 88.9 Å². The van der Waals surface area contributed by atoms with Crippen molar-refractivity contribution in [2.75, 3.05) is 23.8 Å². The van der Waals surface area contributed by atoms with E-state index in [1.54, 1.807) is 42.5 Å². The molecular weight excluding hydrogens is 462 g/mol. The normalized spacial score (nSPS) is 10.1. The number of carbonyl (C=O) groups is 3. The van der Waals surface area contributed by atoms with Crippen LogP contribution in [0.15, 0.2) is 83.3 Å². The number of esters is 1. The van der Waals surface area contributed by atoms with Crippen LogP contribution in [0.2, 0.25) is 0 Å². The average Bonchev–Trinajstić information content (AvgIpc) is 2.78. The van der Waals surface area contributed by atoms with E-state index in [1.807, 2.05) is 36.4 Å². The van der Waals surface area contributed by atoms with Gasteiger partial charge in [-0.25, -0.2) is 4.79 Å². The van der Waals surface area contributed by atoms with Gasteiger partial charge in [0.15, 0.2) is 6.61 Å². The lowest BCUT2D eigenvalue weighted by molar-refractivity contribution is -0.126. The highest BCUT2D eigenvalue weighted by Crippen LogP contribution is 2.22. The maximum absolute atomic E-state index is 12.5. The highest BCUT2D eigenvalue weighted by Gasteiger charge is 2.15. The van der Waals surface area contributed by atoms with E-state index in [4.69, 9.17) is 4.74 Å². The Morgan fingerprint density at radius 1 is 0.774 bits per heavy atom. The van der Waals surface area contributed by atoms with Crippen LogP contribution >= 0.6 is 15.9 Å². The largest absolute Gasteiger partial charge is 0.452 e. The number of hydrogen-bond donors (Lipinski definition) is 3. The van der Waals surface area contributed by atoms with E-state index in [9.17, 15) is 14.4 Å². The molecule has 0 aromatic heterocycles. The summed E-state index contributed by atoms with van der Waals surface area (Å²) in [4.78, 5) is 36.4. The molecule has 0 spiro atoms. The first-order valence-corrected chi connectivity index (χ1v) is 10.2. The lowest BCUT2D eigenvalue weighted by Crippen LogP contribution is -2.35. The maximum atomic E-state index is 12.5. The predicted octanol–water partition coefficient (Wildman–Crippen LogP) is 4.10. The molecule has 158 valence electrons. The van der Waals surface area contributed by atoms with Gasteiger partial charge < -0.3 is 20.7 Å². The molecule has 3 rings (SSSR count). The number of amides is 2. The highest BCUT2D eigenvalue weighted by atomic mass is 79.9. The summed E-state index contributed by atoms with van der Waals surface area (Å²) in [7, 11) is 0. The number of halogens is 1. The minimum atomic E-state index is -0.646. The van der Waals surface area contributed by atoms with Gasteiger partial charge >= 0.3 is 5.97 Å². The number of carbonyl (C=O) groups excluding carboxylic acids is 3. The quantitative estimate of drug-likeness (QED) is 0.420. The summed E-state index contributed by atoms with van der Waals surface area (Å²) in [5.41, 5.74) is 2.27. The van der Waals surface area contributed by atoms with Crippen molar-refractivity contribution in [2.24, 2.45) is 0 Å². The molecule has 0 unspecified atom stereocenters. The smallest absolute Gasteiger partial charge is 0.340 e. The van der Waals surface area contributed by atoms with Crippen LogP contribution < -0.4 is 16.0 Å². The number of anilines is 3. The summed E-state index contributed by atoms with van der Waals surface area (Å²) in [6.07, 6.45) is 0. The molecule has 0 saturated heterocycles. The fourth-order valence-corrected chi connectivity index (χ4v) is 3.03. The second-order valence-electron chi connectivity index (χ2n) is 6.42. The Hall–Kier alpha value is -3.65. The molecule has 7 nitrogen and oxygen atoms in total. The molecule has 3 N–H and O–H groups in total. The van der Waals surface area contributed by atoms with Gasteiger partial charge in [-0.05, 0) is 52.3 Å². The number of hydrogen-bond acceptors (Lipinski definition) is 5. The van der Waals surface area contributed by atoms with Gasteiger partial charge in [0, 0.05) is 10.2 Å². The van der Waals surface area contributed by atoms with Gasteiger partial charge in [0.25, 0.3) is 5.91 Å². The summed E-state index contributed by atoms with van der Waals surface area (Å²) in [6, 6.07) is 23.4. The molecule has 0 bridgehead atoms. The Kier molecular flexibility index (Phi) is 7.78. The molecule has 0 atom stereocenters. The molecule has 3 aromatic rings. The number of rotatable bonds is 8. The average molecular weight is 482 g/mol. The first-order chi connectivity index (χ1) is 15.0. The molecule has 31 heavy (non-hydrogen) atoms. The van der Waals surface area contributed by atoms with Gasteiger partial charge in [-0.3, -0.25) is 9.59 Å². The van der Waals surface area contributed by atoms with Crippen LogP contribution in [0.1, 0.15) is 10.4 Å². The zero-order valence-corrected chi connectivity index (χ0v) is 18.0. The van der Waals surface area contributed by atoms with Crippen molar-refractivity contribution in [1.29, 1.82) is 0 Å². The molecule has 8 heteroatoms. The van der Waals surface area contributed by atoms with Crippen molar-refractivity contribution in [2.45, 2.75) is 0 Å². The van der Waals surface area contributed by atoms with Crippen molar-refractivity contribution >= 4 is 50.8 Å². The Balaban J connectivity index is 1.49. The van der Waals surface area contributed by atoms with Gasteiger partial charge in [-0.1, -0.05) is 42.5 Å². The minimum Gasteiger partial charge on any atom is -0.452 e. The number of nitrogens with one attached hydrogen (secondary N) is 3. The first kappa shape index (κ1) is 22.0. The third-order valence-corrected chi connectivity index (χ3v) is 4.82. The number of para-hydroxylation sites is 3. The van der Waals surface area contributed by atoms with Crippen LogP contribution in [0.3, 0.4) is 0 Å². The summed E-state index contributed by atoms with van der Waals surface area (Å²) in [6.45, 7) is -0.745.